The van der Waals surface area contributed by atoms with Gasteiger partial charge in [0.2, 0.25) is 5.95 Å². The largest absolute Gasteiger partial charge is 0.494 e. The summed E-state index contributed by atoms with van der Waals surface area (Å²) in [5.74, 6) is 2.55. The number of likely N-dealkylation sites (N-methyl/N-ethyl adjacent to an activating group) is 1. The lowest BCUT2D eigenvalue weighted by Gasteiger charge is -2.57. The highest BCUT2D eigenvalue weighted by Gasteiger charge is 2.44. The van der Waals surface area contributed by atoms with Crippen molar-refractivity contribution in [1.29, 1.82) is 0 Å². The van der Waals surface area contributed by atoms with Crippen LogP contribution in [0, 0.1) is 0 Å². The van der Waals surface area contributed by atoms with Gasteiger partial charge in [-0.2, -0.15) is 10.1 Å². The third kappa shape index (κ3) is 6.69. The van der Waals surface area contributed by atoms with Crippen molar-refractivity contribution in [3.63, 3.8) is 0 Å². The number of hydrazone groups is 1. The number of hydrogen-bond acceptors (Lipinski definition) is 10. The number of anilines is 5. The number of nitrogens with zero attached hydrogens (tertiary/aromatic N) is 7. The summed E-state index contributed by atoms with van der Waals surface area (Å²) in [7, 11) is 5.51. The molecular weight excluding hydrogens is 685 g/mol. The molecule has 252 valence electrons. The second-order valence-electron chi connectivity index (χ2n) is 13.4. The van der Waals surface area contributed by atoms with E-state index in [1.54, 1.807) is 13.3 Å². The molecule has 2 aromatic heterocycles. The topological polar surface area (TPSA) is 94.0 Å². The van der Waals surface area contributed by atoms with Crippen LogP contribution in [0.3, 0.4) is 0 Å². The molecule has 3 fully saturated rings. The van der Waals surface area contributed by atoms with E-state index in [1.165, 1.54) is 46.9 Å². The fraction of sp³-hybridized carbons (Fsp3) is 0.444. The minimum Gasteiger partial charge on any atom is -0.494 e. The molecule has 2 bridgehead atoms. The van der Waals surface area contributed by atoms with Gasteiger partial charge >= 0.3 is 0 Å². The Morgan fingerprint density at radius 3 is 2.58 bits per heavy atom. The van der Waals surface area contributed by atoms with E-state index >= 15 is 0 Å². The van der Waals surface area contributed by atoms with Crippen LogP contribution in [0.4, 0.5) is 28.8 Å². The monoisotopic (exact) mass is 729 g/mol. The molecule has 2 unspecified atom stereocenters. The standard InChI is InChI=1S/C36H45BrN9OP/c1-7-45(3)39-15-14-23-16-31(33(47-4)18-32(23)46-24-17-25(46)21-44(2)20-24)42-36-38-19-27(37)35(43-36)41-30-13-12-29-26(34(30)48(5)6)10-11-28(40-29)22-8-9-22/h10-13,15-16,18-19,22,24-25H,7-9,14,17,20-21H2,1-6H3,(H2,38,41,42,43)/b39-15-. The lowest BCUT2D eigenvalue weighted by atomic mass is 9.86. The zero-order chi connectivity index (χ0) is 33.5. The molecule has 2 aliphatic heterocycles. The van der Waals surface area contributed by atoms with Crippen molar-refractivity contribution in [2.75, 3.05) is 69.7 Å². The van der Waals surface area contributed by atoms with Gasteiger partial charge in [0, 0.05) is 97.3 Å². The van der Waals surface area contributed by atoms with Gasteiger partial charge in [-0.3, -0.25) is 4.98 Å². The number of nitrogens with one attached hydrogen (secondary N) is 2. The molecule has 12 heteroatoms. The van der Waals surface area contributed by atoms with Crippen LogP contribution in [0.25, 0.3) is 10.9 Å². The average molecular weight is 731 g/mol. The molecular formula is C36H45BrN9OP. The number of ether oxygens (including phenoxy) is 1. The quantitative estimate of drug-likeness (QED) is 0.0918. The summed E-state index contributed by atoms with van der Waals surface area (Å²) in [6, 6.07) is 14.1. The summed E-state index contributed by atoms with van der Waals surface area (Å²) in [4.78, 5) is 19.6. The number of benzene rings is 2. The van der Waals surface area contributed by atoms with Crippen LogP contribution in [-0.2, 0) is 6.42 Å². The number of halogens is 1. The molecule has 2 aromatic carbocycles. The molecule has 4 heterocycles. The van der Waals surface area contributed by atoms with Crippen molar-refractivity contribution >= 4 is 75.1 Å². The summed E-state index contributed by atoms with van der Waals surface area (Å²) in [5, 5.41) is 16.2. The van der Waals surface area contributed by atoms with E-state index in [1.807, 2.05) is 18.3 Å². The average Bonchev–Trinajstić information content (AvgIpc) is 3.92. The van der Waals surface area contributed by atoms with Gasteiger partial charge in [0.1, 0.15) is 11.6 Å². The second kappa shape index (κ2) is 13.8. The van der Waals surface area contributed by atoms with E-state index in [9.17, 15) is 0 Å². The molecule has 2 saturated heterocycles. The number of pyridine rings is 1. The van der Waals surface area contributed by atoms with Crippen LogP contribution >= 0.6 is 23.9 Å². The maximum Gasteiger partial charge on any atom is 0.229 e. The highest BCUT2D eigenvalue weighted by molar-refractivity contribution is 9.10. The third-order valence-corrected chi connectivity index (χ3v) is 11.6. The number of fused-ring (bicyclic) bond motifs is 3. The number of aromatic nitrogens is 3. The first-order valence-corrected chi connectivity index (χ1v) is 19.8. The fourth-order valence-corrected chi connectivity index (χ4v) is 8.59. The Balaban J connectivity index is 1.19. The van der Waals surface area contributed by atoms with Crippen molar-refractivity contribution in [2.24, 2.45) is 5.10 Å². The molecule has 7 rings (SSSR count). The normalized spacial score (nSPS) is 19.2. The molecule has 4 aromatic rings. The zero-order valence-corrected chi connectivity index (χ0v) is 31.1. The summed E-state index contributed by atoms with van der Waals surface area (Å²) in [6.45, 7) is 9.68. The third-order valence-electron chi connectivity index (χ3n) is 9.65. The van der Waals surface area contributed by atoms with Gasteiger partial charge in [0.05, 0.1) is 22.8 Å². The summed E-state index contributed by atoms with van der Waals surface area (Å²) >= 11 is 3.70. The Hall–Kier alpha value is -3.53. The van der Waals surface area contributed by atoms with Crippen molar-refractivity contribution < 1.29 is 4.74 Å². The van der Waals surface area contributed by atoms with Gasteiger partial charge in [0.15, 0.2) is 0 Å². The first-order chi connectivity index (χ1) is 23.2. The van der Waals surface area contributed by atoms with Gasteiger partial charge in [-0.1, -0.05) is 14.0 Å². The number of piperidine rings is 1. The van der Waals surface area contributed by atoms with E-state index in [0.717, 1.165) is 46.7 Å². The Bertz CT molecular complexity index is 1840. The fourth-order valence-electron chi connectivity index (χ4n) is 7.01. The minimum atomic E-state index is -0.425. The molecule has 48 heavy (non-hydrogen) atoms. The molecule has 10 nitrogen and oxygen atoms in total. The van der Waals surface area contributed by atoms with Crippen LogP contribution in [0.1, 0.15) is 43.4 Å². The Labute approximate surface area is 293 Å². The number of rotatable bonds is 12. The number of likely N-dealkylation sites (tertiary alicyclic amines) is 1. The molecule has 2 atom stereocenters. The second-order valence-corrected chi connectivity index (χ2v) is 16.5. The number of methoxy groups -OCH3 is 1. The van der Waals surface area contributed by atoms with Crippen LogP contribution in [-0.4, -0.2) is 97.3 Å². The molecule has 1 saturated carbocycles. The predicted octanol–water partition coefficient (Wildman–Crippen LogP) is 6.90. The Morgan fingerprint density at radius 2 is 1.88 bits per heavy atom. The molecule has 2 N–H and O–H groups in total. The predicted molar refractivity (Wildman–Crippen MR) is 204 cm³/mol. The van der Waals surface area contributed by atoms with Crippen LogP contribution in [0.15, 0.2) is 52.2 Å². The minimum absolute atomic E-state index is 0.425. The van der Waals surface area contributed by atoms with Crippen molar-refractivity contribution in [2.45, 2.75) is 50.6 Å². The lowest BCUT2D eigenvalue weighted by molar-refractivity contribution is 0.139. The molecule has 0 spiro atoms. The van der Waals surface area contributed by atoms with Crippen LogP contribution in [0.2, 0.25) is 0 Å². The molecule has 3 aliphatic rings. The summed E-state index contributed by atoms with van der Waals surface area (Å²) in [5.41, 5.74) is 6.55. The number of hydrogen-bond donors (Lipinski definition) is 2. The van der Waals surface area contributed by atoms with Crippen molar-refractivity contribution in [1.82, 2.24) is 24.9 Å². The molecule has 0 radical (unpaired) electrons. The van der Waals surface area contributed by atoms with Gasteiger partial charge < -0.3 is 30.2 Å². The van der Waals surface area contributed by atoms with E-state index in [-0.39, 0.29) is 0 Å². The van der Waals surface area contributed by atoms with Gasteiger partial charge in [-0.05, 0) is 92.3 Å². The van der Waals surface area contributed by atoms with Gasteiger partial charge in [-0.25, -0.2) is 4.98 Å². The van der Waals surface area contributed by atoms with Gasteiger partial charge in [-0.15, -0.1) is 0 Å². The lowest BCUT2D eigenvalue weighted by Crippen LogP contribution is -2.68. The van der Waals surface area contributed by atoms with E-state index < -0.39 is 7.92 Å². The van der Waals surface area contributed by atoms with Crippen LogP contribution in [0.5, 0.6) is 5.75 Å². The first-order valence-electron chi connectivity index (χ1n) is 16.8. The Morgan fingerprint density at radius 1 is 1.08 bits per heavy atom. The van der Waals surface area contributed by atoms with E-state index in [2.05, 4.69) is 110 Å². The van der Waals surface area contributed by atoms with Crippen molar-refractivity contribution in [3.05, 3.63) is 58.3 Å². The first kappa shape index (κ1) is 33.0. The maximum atomic E-state index is 5.97. The maximum absolute atomic E-state index is 5.97. The van der Waals surface area contributed by atoms with E-state index in [4.69, 9.17) is 14.7 Å². The Kier molecular flexibility index (Phi) is 9.46. The SMILES string of the molecule is CCN(C)/N=C\Cc1cc(Nc2ncc(Br)c(Nc3ccc4nc(C5CC5)ccc4c3P(C)C)n2)c(OC)cc1N1C2CC1CN(C)C2. The molecule has 0 amide bonds. The highest BCUT2D eigenvalue weighted by atomic mass is 79.9. The van der Waals surface area contributed by atoms with Crippen LogP contribution < -0.4 is 25.6 Å². The van der Waals surface area contributed by atoms with E-state index in [0.29, 0.717) is 36.2 Å². The molecule has 1 aliphatic carbocycles. The van der Waals surface area contributed by atoms with Crippen molar-refractivity contribution in [3.8, 4) is 5.75 Å². The summed E-state index contributed by atoms with van der Waals surface area (Å²) < 4.78 is 6.75. The number of piperazine rings is 1. The smallest absolute Gasteiger partial charge is 0.229 e. The van der Waals surface area contributed by atoms with Gasteiger partial charge in [0.25, 0.3) is 0 Å². The zero-order valence-electron chi connectivity index (χ0n) is 28.7. The highest BCUT2D eigenvalue weighted by Crippen LogP contribution is 2.44. The summed E-state index contributed by atoms with van der Waals surface area (Å²) in [6.07, 6.45) is 8.22.